The van der Waals surface area contributed by atoms with E-state index in [1.165, 1.54) is 0 Å². The first kappa shape index (κ1) is 10.6. The first-order chi connectivity index (χ1) is 7.68. The van der Waals surface area contributed by atoms with Gasteiger partial charge in [0.05, 0.1) is 11.6 Å². The highest BCUT2D eigenvalue weighted by Crippen LogP contribution is 2.06. The number of ether oxygens (including phenoxy) is 1. The molecule has 0 bridgehead atoms. The Kier molecular flexibility index (Phi) is 2.87. The molecule has 84 valence electrons. The molecule has 1 aliphatic rings. The molecule has 0 aliphatic carbocycles. The van der Waals surface area contributed by atoms with Gasteiger partial charge in [-0.3, -0.25) is 4.79 Å². The van der Waals surface area contributed by atoms with E-state index in [2.05, 4.69) is 5.32 Å². The molecule has 1 aliphatic heterocycles. The molecule has 5 heteroatoms. The number of rotatable bonds is 3. The molecule has 1 saturated heterocycles. The summed E-state index contributed by atoms with van der Waals surface area (Å²) in [6.07, 6.45) is 0. The minimum Gasteiger partial charge on any atom is -0.460 e. The molecule has 1 heterocycles. The summed E-state index contributed by atoms with van der Waals surface area (Å²) in [5.74, 6) is -0.616. The topological polar surface area (TPSA) is 81.4 Å². The van der Waals surface area contributed by atoms with E-state index in [0.717, 1.165) is 0 Å². The molecule has 0 spiro atoms. The minimum atomic E-state index is -0.566. The lowest BCUT2D eigenvalue weighted by atomic mass is 10.0. The molecule has 0 saturated carbocycles. The van der Waals surface area contributed by atoms with Crippen molar-refractivity contribution in [3.05, 3.63) is 35.9 Å². The van der Waals surface area contributed by atoms with Crippen LogP contribution in [-0.4, -0.2) is 30.6 Å². The Labute approximate surface area is 92.6 Å². The number of nitrogens with one attached hydrogen (secondary N) is 1. The summed E-state index contributed by atoms with van der Waals surface area (Å²) in [7, 11) is 0. The molecule has 1 aromatic carbocycles. The first-order valence-corrected chi connectivity index (χ1v) is 4.96. The van der Waals surface area contributed by atoms with Gasteiger partial charge >= 0.3 is 5.97 Å². The Balaban J connectivity index is 1.83. The molecular weight excluding hydrogens is 208 g/mol. The Morgan fingerprint density at radius 3 is 2.62 bits per heavy atom. The summed E-state index contributed by atoms with van der Waals surface area (Å²) in [5.41, 5.74) is 5.98. The average Bonchev–Trinajstić information content (AvgIpc) is 2.34. The molecule has 3 N–H and O–H groups in total. The molecular formula is C11H12N2O3. The first-order valence-electron chi connectivity index (χ1n) is 4.96. The number of carbonyl (C=O) groups excluding carboxylic acids is 2. The minimum absolute atomic E-state index is 0.112. The molecule has 2 rings (SSSR count). The van der Waals surface area contributed by atoms with Crippen molar-refractivity contribution in [3.63, 3.8) is 0 Å². The van der Waals surface area contributed by atoms with Crippen LogP contribution in [0.4, 0.5) is 0 Å². The highest BCUT2D eigenvalue weighted by Gasteiger charge is 2.36. The third kappa shape index (κ3) is 2.04. The highest BCUT2D eigenvalue weighted by atomic mass is 16.5. The number of benzene rings is 1. The van der Waals surface area contributed by atoms with Gasteiger partial charge in [0, 0.05) is 0 Å². The van der Waals surface area contributed by atoms with Gasteiger partial charge in [0.25, 0.3) is 0 Å². The van der Waals surface area contributed by atoms with E-state index in [1.807, 2.05) is 6.07 Å². The van der Waals surface area contributed by atoms with E-state index in [0.29, 0.717) is 5.56 Å². The average molecular weight is 220 g/mol. The number of esters is 1. The second-order valence-electron chi connectivity index (χ2n) is 3.61. The van der Waals surface area contributed by atoms with Gasteiger partial charge < -0.3 is 15.8 Å². The third-order valence-electron chi connectivity index (χ3n) is 2.47. The van der Waals surface area contributed by atoms with Crippen LogP contribution in [-0.2, 0) is 9.53 Å². The molecule has 0 radical (unpaired) electrons. The van der Waals surface area contributed by atoms with Gasteiger partial charge in [-0.05, 0) is 12.1 Å². The monoisotopic (exact) mass is 220 g/mol. The van der Waals surface area contributed by atoms with E-state index in [4.69, 9.17) is 10.5 Å². The van der Waals surface area contributed by atoms with E-state index >= 15 is 0 Å². The van der Waals surface area contributed by atoms with Crippen LogP contribution in [0.2, 0.25) is 0 Å². The van der Waals surface area contributed by atoms with Gasteiger partial charge in [-0.15, -0.1) is 0 Å². The van der Waals surface area contributed by atoms with Crippen molar-refractivity contribution in [3.8, 4) is 0 Å². The number of nitrogens with two attached hydrogens (primary N) is 1. The fraction of sp³-hybridized carbons (Fsp3) is 0.273. The Hall–Kier alpha value is -1.88. The number of hydrogen-bond donors (Lipinski definition) is 2. The fourth-order valence-electron chi connectivity index (χ4n) is 1.42. The molecule has 2 atom stereocenters. The van der Waals surface area contributed by atoms with Gasteiger partial charge in [0.2, 0.25) is 5.91 Å². The van der Waals surface area contributed by atoms with Crippen LogP contribution in [0.25, 0.3) is 0 Å². The van der Waals surface area contributed by atoms with E-state index in [1.54, 1.807) is 24.3 Å². The van der Waals surface area contributed by atoms with Crippen LogP contribution >= 0.6 is 0 Å². The van der Waals surface area contributed by atoms with Crippen molar-refractivity contribution in [2.45, 2.75) is 12.1 Å². The zero-order valence-corrected chi connectivity index (χ0v) is 8.55. The molecule has 0 unspecified atom stereocenters. The Morgan fingerprint density at radius 2 is 2.06 bits per heavy atom. The maximum absolute atomic E-state index is 11.5. The van der Waals surface area contributed by atoms with Crippen molar-refractivity contribution in [1.82, 2.24) is 5.32 Å². The van der Waals surface area contributed by atoms with Gasteiger partial charge in [-0.1, -0.05) is 18.2 Å². The summed E-state index contributed by atoms with van der Waals surface area (Å²) in [4.78, 5) is 22.3. The summed E-state index contributed by atoms with van der Waals surface area (Å²) in [6, 6.07) is 7.84. The summed E-state index contributed by atoms with van der Waals surface area (Å²) < 4.78 is 5.02. The highest BCUT2D eigenvalue weighted by molar-refractivity contribution is 5.90. The quantitative estimate of drug-likeness (QED) is 0.540. The maximum atomic E-state index is 11.5. The number of carbonyl (C=O) groups is 2. The summed E-state index contributed by atoms with van der Waals surface area (Å²) >= 11 is 0. The molecule has 1 amide bonds. The van der Waals surface area contributed by atoms with Gasteiger partial charge in [-0.2, -0.15) is 0 Å². The van der Waals surface area contributed by atoms with Gasteiger partial charge in [-0.25, -0.2) is 4.79 Å². The zero-order chi connectivity index (χ0) is 11.5. The fourth-order valence-corrected chi connectivity index (χ4v) is 1.42. The smallest absolute Gasteiger partial charge is 0.338 e. The van der Waals surface area contributed by atoms with E-state index in [9.17, 15) is 9.59 Å². The van der Waals surface area contributed by atoms with Crippen LogP contribution in [0.15, 0.2) is 30.3 Å². The largest absolute Gasteiger partial charge is 0.460 e. The van der Waals surface area contributed by atoms with Crippen LogP contribution < -0.4 is 11.1 Å². The van der Waals surface area contributed by atoms with Crippen molar-refractivity contribution in [2.75, 3.05) is 6.61 Å². The van der Waals surface area contributed by atoms with Crippen LogP contribution in [0, 0.1) is 0 Å². The summed E-state index contributed by atoms with van der Waals surface area (Å²) in [6.45, 7) is 0.112. The lowest BCUT2D eigenvalue weighted by molar-refractivity contribution is -0.131. The van der Waals surface area contributed by atoms with Gasteiger partial charge in [0.15, 0.2) is 0 Å². The zero-order valence-electron chi connectivity index (χ0n) is 8.55. The van der Waals surface area contributed by atoms with Crippen LogP contribution in [0.1, 0.15) is 10.4 Å². The van der Waals surface area contributed by atoms with Crippen LogP contribution in [0.5, 0.6) is 0 Å². The standard InChI is InChI=1S/C11H12N2O3/c12-9-8(13-10(9)14)6-16-11(15)7-4-2-1-3-5-7/h1-5,8-9H,6,12H2,(H,13,14)/t8-,9+/m1/s1. The Morgan fingerprint density at radius 1 is 1.38 bits per heavy atom. The van der Waals surface area contributed by atoms with Crippen molar-refractivity contribution >= 4 is 11.9 Å². The lowest BCUT2D eigenvalue weighted by Crippen LogP contribution is -2.68. The van der Waals surface area contributed by atoms with E-state index < -0.39 is 12.0 Å². The second-order valence-corrected chi connectivity index (χ2v) is 3.61. The number of β-lactam (4-membered cyclic amide) rings is 1. The summed E-state index contributed by atoms with van der Waals surface area (Å²) in [5, 5.41) is 2.56. The molecule has 1 aromatic rings. The van der Waals surface area contributed by atoms with E-state index in [-0.39, 0.29) is 18.6 Å². The SMILES string of the molecule is N[C@@H]1C(=O)N[C@@H]1COC(=O)c1ccccc1. The predicted molar refractivity (Wildman–Crippen MR) is 56.6 cm³/mol. The molecule has 1 fully saturated rings. The van der Waals surface area contributed by atoms with Crippen molar-refractivity contribution in [2.24, 2.45) is 5.73 Å². The second kappa shape index (κ2) is 4.32. The molecule has 0 aromatic heterocycles. The normalized spacial score (nSPS) is 23.2. The number of hydrogen-bond acceptors (Lipinski definition) is 4. The third-order valence-corrected chi connectivity index (χ3v) is 2.47. The molecule has 16 heavy (non-hydrogen) atoms. The lowest BCUT2D eigenvalue weighted by Gasteiger charge is -2.33. The Bertz CT molecular complexity index is 405. The molecule has 5 nitrogen and oxygen atoms in total. The van der Waals surface area contributed by atoms with Crippen LogP contribution in [0.3, 0.4) is 0 Å². The maximum Gasteiger partial charge on any atom is 0.338 e. The number of amides is 1. The van der Waals surface area contributed by atoms with Crippen molar-refractivity contribution in [1.29, 1.82) is 0 Å². The predicted octanol–water partition coefficient (Wildman–Crippen LogP) is -0.331. The van der Waals surface area contributed by atoms with Crippen molar-refractivity contribution < 1.29 is 14.3 Å². The van der Waals surface area contributed by atoms with Gasteiger partial charge in [0.1, 0.15) is 12.6 Å².